The highest BCUT2D eigenvalue weighted by Crippen LogP contribution is 2.09. The van der Waals surface area contributed by atoms with E-state index < -0.39 is 9.84 Å². The monoisotopic (exact) mass is 271 g/mol. The highest BCUT2D eigenvalue weighted by Gasteiger charge is 2.05. The number of ether oxygens (including phenoxy) is 1. The number of benzene rings is 1. The van der Waals surface area contributed by atoms with Crippen molar-refractivity contribution in [2.45, 2.75) is 24.8 Å². The van der Waals surface area contributed by atoms with Crippen LogP contribution in [0.2, 0.25) is 0 Å². The zero-order valence-electron chi connectivity index (χ0n) is 11.0. The van der Waals surface area contributed by atoms with Crippen LogP contribution in [0.5, 0.6) is 0 Å². The minimum atomic E-state index is -3.09. The van der Waals surface area contributed by atoms with Crippen molar-refractivity contribution in [3.05, 3.63) is 29.8 Å². The lowest BCUT2D eigenvalue weighted by atomic mass is 10.2. The highest BCUT2D eigenvalue weighted by molar-refractivity contribution is 7.90. The Labute approximate surface area is 109 Å². The summed E-state index contributed by atoms with van der Waals surface area (Å²) in [6.45, 7) is 5.16. The molecule has 0 aliphatic carbocycles. The Morgan fingerprint density at radius 2 is 1.89 bits per heavy atom. The molecule has 0 fully saturated rings. The van der Waals surface area contributed by atoms with E-state index in [1.807, 2.05) is 19.1 Å². The molecule has 1 aromatic rings. The van der Waals surface area contributed by atoms with Gasteiger partial charge in [-0.2, -0.15) is 0 Å². The summed E-state index contributed by atoms with van der Waals surface area (Å²) in [5.74, 6) is 0. The summed E-state index contributed by atoms with van der Waals surface area (Å²) in [6.07, 6.45) is 2.20. The SMILES string of the molecule is CCOCCCNCc1ccc(S(C)(=O)=O)cc1. The molecule has 0 spiro atoms. The molecule has 0 saturated heterocycles. The minimum absolute atomic E-state index is 0.364. The van der Waals surface area contributed by atoms with Crippen LogP contribution in [0.25, 0.3) is 0 Å². The van der Waals surface area contributed by atoms with Crippen LogP contribution in [-0.4, -0.2) is 34.4 Å². The molecule has 0 heterocycles. The molecule has 0 aromatic heterocycles. The fraction of sp³-hybridized carbons (Fsp3) is 0.538. The fourth-order valence-corrected chi connectivity index (χ4v) is 2.16. The number of rotatable bonds is 8. The molecule has 1 aromatic carbocycles. The molecular weight excluding hydrogens is 250 g/mol. The third-order valence-corrected chi connectivity index (χ3v) is 3.66. The van der Waals surface area contributed by atoms with Gasteiger partial charge in [0.1, 0.15) is 0 Å². The molecule has 4 nitrogen and oxygen atoms in total. The summed E-state index contributed by atoms with van der Waals surface area (Å²) >= 11 is 0. The van der Waals surface area contributed by atoms with Gasteiger partial charge in [-0.05, 0) is 37.6 Å². The lowest BCUT2D eigenvalue weighted by molar-refractivity contribution is 0.144. The first-order valence-corrected chi connectivity index (χ1v) is 8.00. The Kier molecular flexibility index (Phi) is 6.32. The van der Waals surface area contributed by atoms with E-state index in [1.165, 1.54) is 6.26 Å². The maximum Gasteiger partial charge on any atom is 0.175 e. The van der Waals surface area contributed by atoms with Crippen LogP contribution in [0, 0.1) is 0 Å². The van der Waals surface area contributed by atoms with Crippen molar-refractivity contribution in [2.75, 3.05) is 26.0 Å². The van der Waals surface area contributed by atoms with Crippen LogP contribution in [0.4, 0.5) is 0 Å². The van der Waals surface area contributed by atoms with Gasteiger partial charge in [0.25, 0.3) is 0 Å². The molecule has 0 unspecified atom stereocenters. The average Bonchev–Trinajstić information content (AvgIpc) is 2.33. The van der Waals surface area contributed by atoms with Crippen molar-refractivity contribution in [1.29, 1.82) is 0 Å². The van der Waals surface area contributed by atoms with Crippen LogP contribution in [0.3, 0.4) is 0 Å². The lowest BCUT2D eigenvalue weighted by Crippen LogP contribution is -2.16. The maximum absolute atomic E-state index is 11.3. The van der Waals surface area contributed by atoms with Gasteiger partial charge in [0.15, 0.2) is 9.84 Å². The predicted octanol–water partition coefficient (Wildman–Crippen LogP) is 1.61. The number of nitrogens with one attached hydrogen (secondary N) is 1. The van der Waals surface area contributed by atoms with E-state index in [4.69, 9.17) is 4.74 Å². The van der Waals surface area contributed by atoms with E-state index in [1.54, 1.807) is 12.1 Å². The van der Waals surface area contributed by atoms with Crippen molar-refractivity contribution in [1.82, 2.24) is 5.32 Å². The van der Waals surface area contributed by atoms with Crippen LogP contribution in [0.15, 0.2) is 29.2 Å². The van der Waals surface area contributed by atoms with E-state index in [9.17, 15) is 8.42 Å². The lowest BCUT2D eigenvalue weighted by Gasteiger charge is -2.06. The second-order valence-corrected chi connectivity index (χ2v) is 6.16. The molecule has 0 amide bonds. The summed E-state index contributed by atoms with van der Waals surface area (Å²) in [4.78, 5) is 0.364. The number of hydrogen-bond acceptors (Lipinski definition) is 4. The molecular formula is C13H21NO3S. The highest BCUT2D eigenvalue weighted by atomic mass is 32.2. The zero-order valence-corrected chi connectivity index (χ0v) is 11.8. The van der Waals surface area contributed by atoms with E-state index in [0.717, 1.165) is 38.3 Å². The number of hydrogen-bond donors (Lipinski definition) is 1. The van der Waals surface area contributed by atoms with Crippen LogP contribution < -0.4 is 5.32 Å². The summed E-state index contributed by atoms with van der Waals surface area (Å²) < 4.78 is 27.8. The van der Waals surface area contributed by atoms with Crippen molar-refractivity contribution >= 4 is 9.84 Å². The van der Waals surface area contributed by atoms with Crippen molar-refractivity contribution in [3.8, 4) is 0 Å². The maximum atomic E-state index is 11.3. The van der Waals surface area contributed by atoms with E-state index in [0.29, 0.717) is 4.90 Å². The molecule has 1 rings (SSSR count). The molecule has 0 aliphatic heterocycles. The zero-order chi connectivity index (χ0) is 13.4. The van der Waals surface area contributed by atoms with Crippen molar-refractivity contribution in [2.24, 2.45) is 0 Å². The number of sulfone groups is 1. The van der Waals surface area contributed by atoms with E-state index >= 15 is 0 Å². The Morgan fingerprint density at radius 1 is 1.22 bits per heavy atom. The predicted molar refractivity (Wildman–Crippen MR) is 72.4 cm³/mol. The van der Waals surface area contributed by atoms with Gasteiger partial charge in [-0.1, -0.05) is 12.1 Å². The van der Waals surface area contributed by atoms with Gasteiger partial charge in [-0.3, -0.25) is 0 Å². The summed E-state index contributed by atoms with van der Waals surface area (Å²) in [5.41, 5.74) is 1.08. The van der Waals surface area contributed by atoms with Gasteiger partial charge in [-0.25, -0.2) is 8.42 Å². The van der Waals surface area contributed by atoms with Crippen LogP contribution in [-0.2, 0) is 21.1 Å². The van der Waals surface area contributed by atoms with Gasteiger partial charge < -0.3 is 10.1 Å². The van der Waals surface area contributed by atoms with Gasteiger partial charge in [0.2, 0.25) is 0 Å². The normalized spacial score (nSPS) is 11.7. The first kappa shape index (κ1) is 15.1. The smallest absolute Gasteiger partial charge is 0.175 e. The van der Waals surface area contributed by atoms with Gasteiger partial charge in [0, 0.05) is 26.0 Å². The summed E-state index contributed by atoms with van der Waals surface area (Å²) in [5, 5.41) is 3.29. The Hall–Kier alpha value is -0.910. The van der Waals surface area contributed by atoms with Crippen LogP contribution >= 0.6 is 0 Å². The van der Waals surface area contributed by atoms with Gasteiger partial charge >= 0.3 is 0 Å². The first-order chi connectivity index (χ1) is 8.54. The molecule has 0 saturated carbocycles. The third-order valence-electron chi connectivity index (χ3n) is 2.53. The van der Waals surface area contributed by atoms with Gasteiger partial charge in [0.05, 0.1) is 4.90 Å². The molecule has 0 radical (unpaired) electrons. The Bertz CT molecular complexity index is 440. The first-order valence-electron chi connectivity index (χ1n) is 6.11. The van der Waals surface area contributed by atoms with Crippen LogP contribution in [0.1, 0.15) is 18.9 Å². The second-order valence-electron chi connectivity index (χ2n) is 4.14. The average molecular weight is 271 g/mol. The van der Waals surface area contributed by atoms with Crippen molar-refractivity contribution < 1.29 is 13.2 Å². The van der Waals surface area contributed by atoms with E-state index in [2.05, 4.69) is 5.32 Å². The topological polar surface area (TPSA) is 55.4 Å². The molecule has 0 aliphatic rings. The molecule has 0 bridgehead atoms. The molecule has 1 N–H and O–H groups in total. The quantitative estimate of drug-likeness (QED) is 0.730. The summed E-state index contributed by atoms with van der Waals surface area (Å²) in [6, 6.07) is 6.97. The molecule has 5 heteroatoms. The third kappa shape index (κ3) is 5.62. The van der Waals surface area contributed by atoms with Gasteiger partial charge in [-0.15, -0.1) is 0 Å². The second kappa shape index (κ2) is 7.51. The van der Waals surface area contributed by atoms with E-state index in [-0.39, 0.29) is 0 Å². The Morgan fingerprint density at radius 3 is 2.44 bits per heavy atom. The minimum Gasteiger partial charge on any atom is -0.382 e. The molecule has 102 valence electrons. The van der Waals surface area contributed by atoms with Crippen molar-refractivity contribution in [3.63, 3.8) is 0 Å². The summed E-state index contributed by atoms with van der Waals surface area (Å²) in [7, 11) is -3.09. The molecule has 18 heavy (non-hydrogen) atoms. The largest absolute Gasteiger partial charge is 0.382 e. The standard InChI is InChI=1S/C13H21NO3S/c1-3-17-10-4-9-14-11-12-5-7-13(8-6-12)18(2,15)16/h5-8,14H,3-4,9-11H2,1-2H3. The Balaban J connectivity index is 2.32. The fourth-order valence-electron chi connectivity index (χ4n) is 1.53. The molecule has 0 atom stereocenters.